The van der Waals surface area contributed by atoms with Crippen molar-refractivity contribution in [1.82, 2.24) is 0 Å². The van der Waals surface area contributed by atoms with Crippen molar-refractivity contribution in [2.24, 2.45) is 0 Å². The first kappa shape index (κ1) is 10.3. The Balaban J connectivity index is 3.25. The van der Waals surface area contributed by atoms with Crippen LogP contribution in [0.15, 0.2) is 16.6 Å². The molecule has 0 aliphatic heterocycles. The maximum Gasteiger partial charge on any atom is 0.144 e. The summed E-state index contributed by atoms with van der Waals surface area (Å²) in [6.07, 6.45) is 0.614. The topological polar surface area (TPSA) is 17.1 Å². The van der Waals surface area contributed by atoms with Gasteiger partial charge in [-0.2, -0.15) is 0 Å². The summed E-state index contributed by atoms with van der Waals surface area (Å²) >= 11 is 2.76. The molecule has 0 N–H and O–H groups in total. The van der Waals surface area contributed by atoms with Gasteiger partial charge in [0.2, 0.25) is 0 Å². The molecule has 0 aromatic heterocycles. The van der Waals surface area contributed by atoms with Crippen LogP contribution in [0.5, 0.6) is 0 Å². The molecule has 70 valence electrons. The molecule has 1 aromatic rings. The molecule has 0 bridgehead atoms. The summed E-state index contributed by atoms with van der Waals surface area (Å²) in [4.78, 5) is 10.4. The maximum absolute atomic E-state index is 13.3. The molecule has 1 unspecified atom stereocenters. The molecule has 13 heavy (non-hydrogen) atoms. The van der Waals surface area contributed by atoms with Gasteiger partial charge in [-0.15, -0.1) is 0 Å². The van der Waals surface area contributed by atoms with E-state index < -0.39 is 17.6 Å². The van der Waals surface area contributed by atoms with Gasteiger partial charge in [-0.25, -0.2) is 8.78 Å². The van der Waals surface area contributed by atoms with E-state index >= 15 is 0 Å². The molecule has 0 radical (unpaired) electrons. The average Bonchev–Trinajstić information content (AvgIpc) is 2.13. The number of aldehydes is 1. The molecule has 1 rings (SSSR count). The molecule has 1 atom stereocenters. The first-order valence-corrected chi connectivity index (χ1v) is 4.46. The van der Waals surface area contributed by atoms with Gasteiger partial charge in [0.1, 0.15) is 17.9 Å². The van der Waals surface area contributed by atoms with Crippen molar-refractivity contribution in [3.63, 3.8) is 0 Å². The fourth-order valence-corrected chi connectivity index (χ4v) is 1.33. The number of hydrogen-bond donors (Lipinski definition) is 0. The van der Waals surface area contributed by atoms with E-state index in [4.69, 9.17) is 0 Å². The minimum Gasteiger partial charge on any atom is -0.303 e. The third kappa shape index (κ3) is 1.94. The first-order valence-electron chi connectivity index (χ1n) is 3.66. The van der Waals surface area contributed by atoms with Crippen molar-refractivity contribution in [1.29, 1.82) is 0 Å². The maximum atomic E-state index is 13.3. The van der Waals surface area contributed by atoms with Crippen LogP contribution in [-0.2, 0) is 4.79 Å². The SMILES string of the molecule is CC(C=O)c1ccc(F)c(Br)c1F. The van der Waals surface area contributed by atoms with Crippen molar-refractivity contribution in [3.05, 3.63) is 33.8 Å². The number of carbonyl (C=O) groups excluding carboxylic acids is 1. The Bertz CT molecular complexity index is 339. The lowest BCUT2D eigenvalue weighted by Gasteiger charge is -2.07. The molecule has 0 saturated carbocycles. The lowest BCUT2D eigenvalue weighted by atomic mass is 10.0. The van der Waals surface area contributed by atoms with E-state index in [1.807, 2.05) is 0 Å². The normalized spacial score (nSPS) is 12.6. The van der Waals surface area contributed by atoms with E-state index in [1.165, 1.54) is 6.07 Å². The van der Waals surface area contributed by atoms with Gasteiger partial charge in [0.05, 0.1) is 4.47 Å². The van der Waals surface area contributed by atoms with Crippen molar-refractivity contribution >= 4 is 22.2 Å². The van der Waals surface area contributed by atoms with Crippen LogP contribution in [0.1, 0.15) is 18.4 Å². The monoisotopic (exact) mass is 248 g/mol. The summed E-state index contributed by atoms with van der Waals surface area (Å²) in [7, 11) is 0. The molecular weight excluding hydrogens is 242 g/mol. The van der Waals surface area contributed by atoms with Crippen molar-refractivity contribution < 1.29 is 13.6 Å². The van der Waals surface area contributed by atoms with Gasteiger partial charge in [0.15, 0.2) is 0 Å². The van der Waals surface area contributed by atoms with E-state index in [0.29, 0.717) is 6.29 Å². The van der Waals surface area contributed by atoms with Crippen LogP contribution < -0.4 is 0 Å². The van der Waals surface area contributed by atoms with Crippen LogP contribution in [0.4, 0.5) is 8.78 Å². The van der Waals surface area contributed by atoms with E-state index in [2.05, 4.69) is 15.9 Å². The van der Waals surface area contributed by atoms with E-state index in [-0.39, 0.29) is 10.0 Å². The standard InChI is InChI=1S/C9H7BrF2O/c1-5(4-13)6-2-3-7(11)8(10)9(6)12/h2-5H,1H3. The summed E-state index contributed by atoms with van der Waals surface area (Å²) in [6.45, 7) is 1.55. The molecule has 4 heteroatoms. The lowest BCUT2D eigenvalue weighted by molar-refractivity contribution is -0.108. The van der Waals surface area contributed by atoms with Crippen molar-refractivity contribution in [2.45, 2.75) is 12.8 Å². The van der Waals surface area contributed by atoms with Gasteiger partial charge in [0, 0.05) is 5.92 Å². The summed E-state index contributed by atoms with van der Waals surface area (Å²) in [5.74, 6) is -1.93. The van der Waals surface area contributed by atoms with Crippen LogP contribution in [0.2, 0.25) is 0 Å². The largest absolute Gasteiger partial charge is 0.303 e. The molecular formula is C9H7BrF2O. The van der Waals surface area contributed by atoms with Crippen LogP contribution in [0, 0.1) is 11.6 Å². The molecule has 1 aromatic carbocycles. The van der Waals surface area contributed by atoms with Crippen LogP contribution in [0.25, 0.3) is 0 Å². The molecule has 0 fully saturated rings. The second-order valence-electron chi connectivity index (χ2n) is 2.69. The molecule has 0 spiro atoms. The van der Waals surface area contributed by atoms with Gasteiger partial charge in [0.25, 0.3) is 0 Å². The average molecular weight is 249 g/mol. The van der Waals surface area contributed by atoms with E-state index in [9.17, 15) is 13.6 Å². The van der Waals surface area contributed by atoms with Crippen LogP contribution in [0.3, 0.4) is 0 Å². The van der Waals surface area contributed by atoms with E-state index in [0.717, 1.165) is 6.07 Å². The Morgan fingerprint density at radius 1 is 1.46 bits per heavy atom. The zero-order valence-electron chi connectivity index (χ0n) is 6.85. The second-order valence-corrected chi connectivity index (χ2v) is 3.48. The number of rotatable bonds is 2. The summed E-state index contributed by atoms with van der Waals surface area (Å²) in [5, 5.41) is 0. The number of benzene rings is 1. The van der Waals surface area contributed by atoms with Gasteiger partial charge < -0.3 is 4.79 Å². The molecule has 0 amide bonds. The smallest absolute Gasteiger partial charge is 0.144 e. The molecule has 0 heterocycles. The predicted octanol–water partition coefficient (Wildman–Crippen LogP) is 3.03. The number of hydrogen-bond acceptors (Lipinski definition) is 1. The molecule has 1 nitrogen and oxygen atoms in total. The Morgan fingerprint density at radius 2 is 2.08 bits per heavy atom. The molecule has 0 saturated heterocycles. The Kier molecular flexibility index (Phi) is 3.14. The molecule has 0 aliphatic rings. The van der Waals surface area contributed by atoms with Gasteiger partial charge in [-0.1, -0.05) is 13.0 Å². The summed E-state index contributed by atoms with van der Waals surface area (Å²) < 4.78 is 25.8. The fraction of sp³-hybridized carbons (Fsp3) is 0.222. The zero-order valence-corrected chi connectivity index (χ0v) is 8.44. The quantitative estimate of drug-likeness (QED) is 0.581. The van der Waals surface area contributed by atoms with E-state index in [1.54, 1.807) is 6.92 Å². The van der Waals surface area contributed by atoms with Crippen LogP contribution >= 0.6 is 15.9 Å². The highest BCUT2D eigenvalue weighted by Gasteiger charge is 2.15. The second kappa shape index (κ2) is 3.96. The highest BCUT2D eigenvalue weighted by molar-refractivity contribution is 9.10. The third-order valence-corrected chi connectivity index (χ3v) is 2.49. The Hall–Kier alpha value is -0.770. The minimum atomic E-state index is -0.709. The van der Waals surface area contributed by atoms with Gasteiger partial charge >= 0.3 is 0 Å². The Morgan fingerprint density at radius 3 is 2.62 bits per heavy atom. The number of carbonyl (C=O) groups is 1. The highest BCUT2D eigenvalue weighted by Crippen LogP contribution is 2.26. The Labute approximate surface area is 82.9 Å². The molecule has 0 aliphatic carbocycles. The van der Waals surface area contributed by atoms with Crippen molar-refractivity contribution in [3.8, 4) is 0 Å². The number of halogens is 3. The predicted molar refractivity (Wildman–Crippen MR) is 48.5 cm³/mol. The zero-order chi connectivity index (χ0) is 10.0. The third-order valence-electron chi connectivity index (χ3n) is 1.76. The summed E-state index contributed by atoms with van der Waals surface area (Å²) in [6, 6.07) is 2.40. The summed E-state index contributed by atoms with van der Waals surface area (Å²) in [5.41, 5.74) is 0.197. The van der Waals surface area contributed by atoms with Crippen molar-refractivity contribution in [2.75, 3.05) is 0 Å². The first-order chi connectivity index (χ1) is 6.07. The fourth-order valence-electron chi connectivity index (χ4n) is 0.966. The lowest BCUT2D eigenvalue weighted by Crippen LogP contribution is -2.00. The van der Waals surface area contributed by atoms with Gasteiger partial charge in [-0.05, 0) is 27.6 Å². The van der Waals surface area contributed by atoms with Gasteiger partial charge in [-0.3, -0.25) is 0 Å². The van der Waals surface area contributed by atoms with Crippen LogP contribution in [-0.4, -0.2) is 6.29 Å². The minimum absolute atomic E-state index is 0.197. The highest BCUT2D eigenvalue weighted by atomic mass is 79.9.